The van der Waals surface area contributed by atoms with Crippen molar-refractivity contribution in [3.63, 3.8) is 0 Å². The lowest BCUT2D eigenvalue weighted by atomic mass is 10.1. The van der Waals surface area contributed by atoms with Gasteiger partial charge in [0.05, 0.1) is 32.8 Å². The summed E-state index contributed by atoms with van der Waals surface area (Å²) in [7, 11) is 1.14. The normalized spacial score (nSPS) is 18.0. The highest BCUT2D eigenvalue weighted by molar-refractivity contribution is 7.91. The highest BCUT2D eigenvalue weighted by Crippen LogP contribution is 2.34. The first-order valence-electron chi connectivity index (χ1n) is 7.76. The summed E-state index contributed by atoms with van der Waals surface area (Å²) in [4.78, 5) is 24.1. The highest BCUT2D eigenvalue weighted by Gasteiger charge is 2.29. The Morgan fingerprint density at radius 3 is 2.23 bits per heavy atom. The molecule has 1 atom stereocenters. The van der Waals surface area contributed by atoms with Gasteiger partial charge in [-0.25, -0.2) is 13.2 Å². The molecule has 1 amide bonds. The molecular weight excluding hydrogens is 366 g/mol. The van der Waals surface area contributed by atoms with Gasteiger partial charge in [0.2, 0.25) is 0 Å². The van der Waals surface area contributed by atoms with E-state index < -0.39 is 34.4 Å². The summed E-state index contributed by atoms with van der Waals surface area (Å²) < 4.78 is 43.2. The summed E-state index contributed by atoms with van der Waals surface area (Å²) in [5, 5.41) is 2.54. The van der Waals surface area contributed by atoms with Crippen LogP contribution in [0.25, 0.3) is 0 Å². The van der Waals surface area contributed by atoms with Crippen molar-refractivity contribution in [1.29, 1.82) is 0 Å². The van der Waals surface area contributed by atoms with Gasteiger partial charge in [-0.1, -0.05) is 0 Å². The Hall–Kier alpha value is -2.49. The summed E-state index contributed by atoms with van der Waals surface area (Å²) in [6, 6.07) is 2.40. The standard InChI is InChI=1S/C16H21NO8S/c1-22-12-7-14(24-3)13(23-2)6-11(12)16(19)25-8-15(18)17-10-4-5-26(20,21)9-10/h6-7,10H,4-5,8-9H2,1-3H3,(H,17,18)/t10-/m0/s1. The molecule has 1 aliphatic rings. The van der Waals surface area contributed by atoms with Crippen LogP contribution in [0.5, 0.6) is 17.2 Å². The first-order valence-corrected chi connectivity index (χ1v) is 9.58. The lowest BCUT2D eigenvalue weighted by molar-refractivity contribution is -0.124. The summed E-state index contributed by atoms with van der Waals surface area (Å²) in [5.41, 5.74) is 0.0707. The van der Waals surface area contributed by atoms with Gasteiger partial charge in [0.15, 0.2) is 27.9 Å². The van der Waals surface area contributed by atoms with Crippen LogP contribution in [0.2, 0.25) is 0 Å². The Labute approximate surface area is 151 Å². The molecule has 0 radical (unpaired) electrons. The molecule has 0 unspecified atom stereocenters. The number of rotatable bonds is 7. The molecule has 0 saturated carbocycles. The zero-order valence-electron chi connectivity index (χ0n) is 14.7. The average Bonchev–Trinajstić information content (AvgIpc) is 2.96. The molecular formula is C16H21NO8S. The minimum atomic E-state index is -3.10. The molecule has 2 rings (SSSR count). The van der Waals surface area contributed by atoms with Gasteiger partial charge in [-0.3, -0.25) is 4.79 Å². The van der Waals surface area contributed by atoms with Gasteiger partial charge in [0, 0.05) is 18.2 Å². The van der Waals surface area contributed by atoms with Crippen molar-refractivity contribution in [2.24, 2.45) is 0 Å². The molecule has 144 valence electrons. The van der Waals surface area contributed by atoms with Crippen LogP contribution in [-0.4, -0.2) is 65.8 Å². The molecule has 10 heteroatoms. The Kier molecular flexibility index (Phi) is 6.30. The fraction of sp³-hybridized carbons (Fsp3) is 0.500. The lowest BCUT2D eigenvalue weighted by Gasteiger charge is -2.14. The number of benzene rings is 1. The van der Waals surface area contributed by atoms with Gasteiger partial charge in [-0.15, -0.1) is 0 Å². The molecule has 9 nitrogen and oxygen atoms in total. The Balaban J connectivity index is 2.00. The molecule has 1 aromatic carbocycles. The van der Waals surface area contributed by atoms with Crippen molar-refractivity contribution in [2.45, 2.75) is 12.5 Å². The smallest absolute Gasteiger partial charge is 0.342 e. The number of esters is 1. The van der Waals surface area contributed by atoms with E-state index in [0.29, 0.717) is 17.9 Å². The lowest BCUT2D eigenvalue weighted by Crippen LogP contribution is -2.38. The van der Waals surface area contributed by atoms with Crippen molar-refractivity contribution in [3.05, 3.63) is 17.7 Å². The van der Waals surface area contributed by atoms with Gasteiger partial charge < -0.3 is 24.3 Å². The zero-order valence-corrected chi connectivity index (χ0v) is 15.6. The Morgan fingerprint density at radius 1 is 1.08 bits per heavy atom. The van der Waals surface area contributed by atoms with Crippen LogP contribution in [0.1, 0.15) is 16.8 Å². The largest absolute Gasteiger partial charge is 0.496 e. The molecule has 1 heterocycles. The number of hydrogen-bond donors (Lipinski definition) is 1. The van der Waals surface area contributed by atoms with Gasteiger partial charge >= 0.3 is 5.97 Å². The molecule has 0 spiro atoms. The second-order valence-electron chi connectivity index (χ2n) is 5.65. The molecule has 1 saturated heterocycles. The molecule has 0 bridgehead atoms. The minimum absolute atomic E-state index is 0.0422. The third-order valence-corrected chi connectivity index (χ3v) is 5.63. The average molecular weight is 387 g/mol. The van der Waals surface area contributed by atoms with Crippen LogP contribution in [0.15, 0.2) is 12.1 Å². The number of methoxy groups -OCH3 is 3. The number of ether oxygens (including phenoxy) is 4. The topological polar surface area (TPSA) is 117 Å². The molecule has 1 N–H and O–H groups in total. The number of sulfone groups is 1. The molecule has 0 aliphatic carbocycles. The maximum atomic E-state index is 12.3. The second kappa shape index (κ2) is 8.26. The monoisotopic (exact) mass is 387 g/mol. The SMILES string of the molecule is COc1cc(OC)c(C(=O)OCC(=O)N[C@H]2CCS(=O)(=O)C2)cc1OC. The number of nitrogens with one attached hydrogen (secondary N) is 1. The third-order valence-electron chi connectivity index (χ3n) is 3.86. The fourth-order valence-electron chi connectivity index (χ4n) is 2.58. The summed E-state index contributed by atoms with van der Waals surface area (Å²) in [6.45, 7) is -0.535. The first-order chi connectivity index (χ1) is 12.3. The van der Waals surface area contributed by atoms with E-state index in [-0.39, 0.29) is 22.8 Å². The van der Waals surface area contributed by atoms with E-state index in [1.807, 2.05) is 0 Å². The van der Waals surface area contributed by atoms with Crippen molar-refractivity contribution < 1.29 is 37.0 Å². The van der Waals surface area contributed by atoms with Crippen LogP contribution in [0.3, 0.4) is 0 Å². The maximum absolute atomic E-state index is 12.3. The first kappa shape index (κ1) is 19.8. The minimum Gasteiger partial charge on any atom is -0.496 e. The second-order valence-corrected chi connectivity index (χ2v) is 7.88. The van der Waals surface area contributed by atoms with E-state index in [2.05, 4.69) is 5.32 Å². The summed E-state index contributed by atoms with van der Waals surface area (Å²) in [6.07, 6.45) is 0.353. The predicted octanol–water partition coefficient (Wildman–Crippen LogP) is 0.173. The van der Waals surface area contributed by atoms with Crippen molar-refractivity contribution in [2.75, 3.05) is 39.4 Å². The van der Waals surface area contributed by atoms with Gasteiger partial charge in [-0.05, 0) is 6.42 Å². The van der Waals surface area contributed by atoms with Crippen molar-refractivity contribution in [3.8, 4) is 17.2 Å². The van der Waals surface area contributed by atoms with E-state index >= 15 is 0 Å². The molecule has 0 aromatic heterocycles. The van der Waals surface area contributed by atoms with Gasteiger partial charge in [0.1, 0.15) is 11.3 Å². The van der Waals surface area contributed by atoms with Crippen molar-refractivity contribution in [1.82, 2.24) is 5.32 Å². The summed E-state index contributed by atoms with van der Waals surface area (Å²) in [5.74, 6) is -0.523. The Bertz CT molecular complexity index is 790. The Morgan fingerprint density at radius 2 is 1.69 bits per heavy atom. The van der Waals surface area contributed by atoms with Gasteiger partial charge in [0.25, 0.3) is 5.91 Å². The molecule has 1 aliphatic heterocycles. The van der Waals surface area contributed by atoms with Crippen LogP contribution in [-0.2, 0) is 19.4 Å². The highest BCUT2D eigenvalue weighted by atomic mass is 32.2. The number of amides is 1. The van der Waals surface area contributed by atoms with Crippen LogP contribution in [0.4, 0.5) is 0 Å². The molecule has 26 heavy (non-hydrogen) atoms. The van der Waals surface area contributed by atoms with Crippen LogP contribution >= 0.6 is 0 Å². The third kappa shape index (κ3) is 4.78. The van der Waals surface area contributed by atoms with E-state index in [4.69, 9.17) is 18.9 Å². The number of carbonyl (C=O) groups excluding carboxylic acids is 2. The number of carbonyl (C=O) groups is 2. The van der Waals surface area contributed by atoms with Crippen LogP contribution < -0.4 is 19.5 Å². The van der Waals surface area contributed by atoms with Gasteiger partial charge in [-0.2, -0.15) is 0 Å². The maximum Gasteiger partial charge on any atom is 0.342 e. The predicted molar refractivity (Wildman–Crippen MR) is 91.6 cm³/mol. The summed E-state index contributed by atoms with van der Waals surface area (Å²) >= 11 is 0. The van der Waals surface area contributed by atoms with Crippen molar-refractivity contribution >= 4 is 21.7 Å². The number of hydrogen-bond acceptors (Lipinski definition) is 8. The fourth-order valence-corrected chi connectivity index (χ4v) is 4.25. The van der Waals surface area contributed by atoms with E-state index in [0.717, 1.165) is 0 Å². The van der Waals surface area contributed by atoms with E-state index in [1.54, 1.807) is 0 Å². The quantitative estimate of drug-likeness (QED) is 0.658. The molecule has 1 fully saturated rings. The molecule has 1 aromatic rings. The van der Waals surface area contributed by atoms with Crippen LogP contribution in [0, 0.1) is 0 Å². The zero-order chi connectivity index (χ0) is 19.3. The van der Waals surface area contributed by atoms with E-state index in [9.17, 15) is 18.0 Å². The van der Waals surface area contributed by atoms with E-state index in [1.165, 1.54) is 33.5 Å².